The van der Waals surface area contributed by atoms with E-state index in [1.807, 2.05) is 6.08 Å². The maximum atomic E-state index is 12.1. The number of hydrogen-bond acceptors (Lipinski definition) is 3. The van der Waals surface area contributed by atoms with Crippen molar-refractivity contribution >= 4 is 11.8 Å². The van der Waals surface area contributed by atoms with Crippen molar-refractivity contribution in [1.82, 2.24) is 0 Å². The molecule has 1 unspecified atom stereocenters. The fraction of sp³-hybridized carbons (Fsp3) is 0.714. The fourth-order valence-electron chi connectivity index (χ4n) is 2.49. The summed E-state index contributed by atoms with van der Waals surface area (Å²) >= 11 is 0. The Morgan fingerprint density at radius 1 is 1.53 bits per heavy atom. The molecule has 0 amide bonds. The maximum absolute atomic E-state index is 12.1. The Morgan fingerprint density at radius 2 is 2.29 bits per heavy atom. The van der Waals surface area contributed by atoms with Gasteiger partial charge in [-0.15, -0.1) is 6.58 Å². The Morgan fingerprint density at radius 3 is 2.88 bits per heavy atom. The molecule has 1 saturated carbocycles. The van der Waals surface area contributed by atoms with Crippen LogP contribution in [0.1, 0.15) is 51.9 Å². The van der Waals surface area contributed by atoms with E-state index >= 15 is 0 Å². The van der Waals surface area contributed by atoms with Crippen LogP contribution in [-0.2, 0) is 14.3 Å². The predicted octanol–water partition coefficient (Wildman–Crippen LogP) is 3.04. The number of rotatable bonds is 6. The summed E-state index contributed by atoms with van der Waals surface area (Å²) in [4.78, 5) is 24.2. The summed E-state index contributed by atoms with van der Waals surface area (Å²) in [5.74, 6) is -0.236. The van der Waals surface area contributed by atoms with E-state index in [9.17, 15) is 9.59 Å². The molecule has 3 nitrogen and oxygen atoms in total. The summed E-state index contributed by atoms with van der Waals surface area (Å²) in [5, 5.41) is 0. The van der Waals surface area contributed by atoms with E-state index in [0.29, 0.717) is 25.9 Å². The molecule has 3 heteroatoms. The summed E-state index contributed by atoms with van der Waals surface area (Å²) in [7, 11) is 0. The van der Waals surface area contributed by atoms with Crippen LogP contribution in [-0.4, -0.2) is 18.4 Å². The number of carbonyl (C=O) groups is 2. The Kier molecular flexibility index (Phi) is 5.39. The first kappa shape index (κ1) is 13.9. The van der Waals surface area contributed by atoms with E-state index in [4.69, 9.17) is 4.74 Å². The van der Waals surface area contributed by atoms with Gasteiger partial charge in [-0.3, -0.25) is 9.59 Å². The molecule has 1 aliphatic rings. The zero-order chi connectivity index (χ0) is 12.7. The van der Waals surface area contributed by atoms with Gasteiger partial charge in [-0.2, -0.15) is 0 Å². The lowest BCUT2D eigenvalue weighted by molar-refractivity contribution is -0.163. The molecule has 0 aromatic carbocycles. The highest BCUT2D eigenvalue weighted by Gasteiger charge is 2.46. The van der Waals surface area contributed by atoms with Crippen LogP contribution < -0.4 is 0 Å². The molecule has 0 aliphatic heterocycles. The number of carbonyl (C=O) groups excluding carboxylic acids is 2. The van der Waals surface area contributed by atoms with Crippen molar-refractivity contribution in [1.29, 1.82) is 0 Å². The van der Waals surface area contributed by atoms with Gasteiger partial charge in [0, 0.05) is 6.42 Å². The van der Waals surface area contributed by atoms with Gasteiger partial charge in [0.1, 0.15) is 11.2 Å². The van der Waals surface area contributed by atoms with Gasteiger partial charge >= 0.3 is 5.97 Å². The molecule has 1 atom stereocenters. The first-order valence-corrected chi connectivity index (χ1v) is 6.49. The normalized spacial score (nSPS) is 24.4. The average molecular weight is 238 g/mol. The van der Waals surface area contributed by atoms with Crippen LogP contribution in [0.5, 0.6) is 0 Å². The fourth-order valence-corrected chi connectivity index (χ4v) is 2.49. The molecule has 1 rings (SSSR count). The zero-order valence-electron chi connectivity index (χ0n) is 10.7. The van der Waals surface area contributed by atoms with Gasteiger partial charge in [-0.1, -0.05) is 12.5 Å². The number of unbranched alkanes of at least 4 members (excludes halogenated alkanes) is 1. The summed E-state index contributed by atoms with van der Waals surface area (Å²) in [6.07, 6.45) is 7.13. The Bertz CT molecular complexity index is 296. The topological polar surface area (TPSA) is 43.4 Å². The number of hydrogen-bond donors (Lipinski definition) is 0. The third-order valence-corrected chi connectivity index (χ3v) is 3.47. The van der Waals surface area contributed by atoms with E-state index in [-0.39, 0.29) is 11.8 Å². The molecule has 0 aromatic heterocycles. The third kappa shape index (κ3) is 3.18. The average Bonchev–Trinajstić information content (AvgIpc) is 2.32. The molecular weight excluding hydrogens is 216 g/mol. The molecule has 0 aromatic rings. The molecule has 1 fully saturated rings. The second kappa shape index (κ2) is 6.58. The standard InChI is InChI=1S/C14H22O3/c1-3-5-7-10-14(13(16)17-4-2)11-8-6-9-12(14)15/h3H,1,4-11H2,2H3. The third-order valence-electron chi connectivity index (χ3n) is 3.47. The van der Waals surface area contributed by atoms with Crippen LogP contribution in [0.4, 0.5) is 0 Å². The van der Waals surface area contributed by atoms with Crippen molar-refractivity contribution < 1.29 is 14.3 Å². The second-order valence-electron chi connectivity index (χ2n) is 4.61. The van der Waals surface area contributed by atoms with Crippen LogP contribution in [0.2, 0.25) is 0 Å². The monoisotopic (exact) mass is 238 g/mol. The van der Waals surface area contributed by atoms with Crippen molar-refractivity contribution in [3.8, 4) is 0 Å². The lowest BCUT2D eigenvalue weighted by atomic mass is 9.70. The highest BCUT2D eigenvalue weighted by molar-refractivity contribution is 6.04. The lowest BCUT2D eigenvalue weighted by Crippen LogP contribution is -2.42. The largest absolute Gasteiger partial charge is 0.465 e. The predicted molar refractivity (Wildman–Crippen MR) is 66.6 cm³/mol. The molecule has 17 heavy (non-hydrogen) atoms. The van der Waals surface area contributed by atoms with Crippen LogP contribution in [0.25, 0.3) is 0 Å². The molecular formula is C14H22O3. The second-order valence-corrected chi connectivity index (χ2v) is 4.61. The molecule has 0 heterocycles. The van der Waals surface area contributed by atoms with Crippen LogP contribution >= 0.6 is 0 Å². The highest BCUT2D eigenvalue weighted by atomic mass is 16.5. The Labute approximate surface area is 103 Å². The molecule has 0 bridgehead atoms. The first-order chi connectivity index (χ1) is 8.17. The van der Waals surface area contributed by atoms with Gasteiger partial charge in [0.05, 0.1) is 6.61 Å². The van der Waals surface area contributed by atoms with Gasteiger partial charge in [0.25, 0.3) is 0 Å². The van der Waals surface area contributed by atoms with Crippen molar-refractivity contribution in [2.24, 2.45) is 5.41 Å². The van der Waals surface area contributed by atoms with E-state index in [1.54, 1.807) is 6.92 Å². The van der Waals surface area contributed by atoms with Crippen molar-refractivity contribution in [2.45, 2.75) is 51.9 Å². The van der Waals surface area contributed by atoms with Gasteiger partial charge < -0.3 is 4.74 Å². The van der Waals surface area contributed by atoms with Crippen LogP contribution in [0.3, 0.4) is 0 Å². The quantitative estimate of drug-likeness (QED) is 0.309. The summed E-state index contributed by atoms with van der Waals surface area (Å²) in [5.41, 5.74) is -0.850. The number of ketones is 1. The van der Waals surface area contributed by atoms with E-state index in [1.165, 1.54) is 0 Å². The lowest BCUT2D eigenvalue weighted by Gasteiger charge is -2.33. The zero-order valence-corrected chi connectivity index (χ0v) is 10.7. The minimum Gasteiger partial charge on any atom is -0.465 e. The minimum atomic E-state index is -0.850. The number of allylic oxidation sites excluding steroid dienone is 1. The van der Waals surface area contributed by atoms with Crippen molar-refractivity contribution in [3.63, 3.8) is 0 Å². The minimum absolute atomic E-state index is 0.0752. The molecule has 0 N–H and O–H groups in total. The van der Waals surface area contributed by atoms with Crippen molar-refractivity contribution in [3.05, 3.63) is 12.7 Å². The Hall–Kier alpha value is -1.12. The number of Topliss-reactive ketones (excluding diaryl/α,β-unsaturated/α-hetero) is 1. The van der Waals surface area contributed by atoms with Gasteiger partial charge in [-0.05, 0) is 39.0 Å². The van der Waals surface area contributed by atoms with Gasteiger partial charge in [0.2, 0.25) is 0 Å². The van der Waals surface area contributed by atoms with E-state index < -0.39 is 5.41 Å². The van der Waals surface area contributed by atoms with Crippen LogP contribution in [0.15, 0.2) is 12.7 Å². The smallest absolute Gasteiger partial charge is 0.319 e. The van der Waals surface area contributed by atoms with Crippen molar-refractivity contribution in [2.75, 3.05) is 6.61 Å². The van der Waals surface area contributed by atoms with Gasteiger partial charge in [-0.25, -0.2) is 0 Å². The SMILES string of the molecule is C=CCCCC1(C(=O)OCC)CCCCC1=O. The number of ether oxygens (including phenoxy) is 1. The first-order valence-electron chi connectivity index (χ1n) is 6.49. The van der Waals surface area contributed by atoms with Crippen LogP contribution in [0, 0.1) is 5.41 Å². The molecule has 0 spiro atoms. The molecule has 0 radical (unpaired) electrons. The molecule has 1 aliphatic carbocycles. The van der Waals surface area contributed by atoms with E-state index in [0.717, 1.165) is 25.7 Å². The highest BCUT2D eigenvalue weighted by Crippen LogP contribution is 2.39. The summed E-state index contributed by atoms with van der Waals surface area (Å²) < 4.78 is 5.10. The molecule has 96 valence electrons. The van der Waals surface area contributed by atoms with Gasteiger partial charge in [0.15, 0.2) is 0 Å². The Balaban J connectivity index is 2.78. The summed E-state index contributed by atoms with van der Waals surface area (Å²) in [6, 6.07) is 0. The summed E-state index contributed by atoms with van der Waals surface area (Å²) in [6.45, 7) is 5.79. The number of esters is 1. The maximum Gasteiger partial charge on any atom is 0.319 e. The molecule has 0 saturated heterocycles. The van der Waals surface area contributed by atoms with E-state index in [2.05, 4.69) is 6.58 Å².